The number of amides is 1. The molecule has 0 aliphatic carbocycles. The van der Waals surface area contributed by atoms with Gasteiger partial charge in [0.2, 0.25) is 0 Å². The molecule has 5 heteroatoms. The van der Waals surface area contributed by atoms with Gasteiger partial charge in [-0.15, -0.1) is 0 Å². The molecule has 1 atom stereocenters. The maximum absolute atomic E-state index is 11.7. The molecule has 0 radical (unpaired) electrons. The van der Waals surface area contributed by atoms with Gasteiger partial charge in [-0.2, -0.15) is 5.06 Å². The number of carbonyl (C=O) groups excluding carboxylic acids is 1. The zero-order valence-corrected chi connectivity index (χ0v) is 11.5. The second-order valence-corrected chi connectivity index (χ2v) is 5.35. The van der Waals surface area contributed by atoms with E-state index in [1.54, 1.807) is 20.8 Å². The Labute approximate surface area is 113 Å². The number of ether oxygens (including phenoxy) is 1. The highest BCUT2D eigenvalue weighted by Crippen LogP contribution is 2.13. The molecular weight excluding hydrogens is 246 g/mol. The van der Waals surface area contributed by atoms with Crippen molar-refractivity contribution in [2.24, 2.45) is 0 Å². The number of aliphatic hydroxyl groups excluding tert-OH is 1. The van der Waals surface area contributed by atoms with E-state index < -0.39 is 17.7 Å². The average molecular weight is 267 g/mol. The van der Waals surface area contributed by atoms with Crippen molar-refractivity contribution in [2.75, 3.05) is 6.61 Å². The standard InChI is InChI=1S/C14H21NO4/c1-14(2,3)19-13(17)15(18)12(10-16)9-11-7-5-4-6-8-11/h4-8,12,16,18H,9-10H2,1-3H3/t12-/m1/s1. The van der Waals surface area contributed by atoms with Gasteiger partial charge in [-0.25, -0.2) is 4.79 Å². The molecule has 0 aliphatic rings. The predicted octanol–water partition coefficient (Wildman–Crippen LogP) is 2.22. The molecule has 1 aromatic rings. The summed E-state index contributed by atoms with van der Waals surface area (Å²) in [7, 11) is 0. The van der Waals surface area contributed by atoms with Crippen LogP contribution in [0.2, 0.25) is 0 Å². The summed E-state index contributed by atoms with van der Waals surface area (Å²) in [4.78, 5) is 11.7. The quantitative estimate of drug-likeness (QED) is 0.648. The molecule has 0 spiro atoms. The molecule has 2 N–H and O–H groups in total. The maximum Gasteiger partial charge on any atom is 0.434 e. The van der Waals surface area contributed by atoms with E-state index in [0.29, 0.717) is 11.5 Å². The van der Waals surface area contributed by atoms with Crippen LogP contribution in [0.5, 0.6) is 0 Å². The summed E-state index contributed by atoms with van der Waals surface area (Å²) in [5, 5.41) is 19.6. The van der Waals surface area contributed by atoms with Crippen LogP contribution < -0.4 is 0 Å². The summed E-state index contributed by atoms with van der Waals surface area (Å²) in [5.41, 5.74) is 0.231. The fraction of sp³-hybridized carbons (Fsp3) is 0.500. The summed E-state index contributed by atoms with van der Waals surface area (Å²) in [6.07, 6.45) is -0.505. The van der Waals surface area contributed by atoms with Crippen molar-refractivity contribution in [3.8, 4) is 0 Å². The Morgan fingerprint density at radius 3 is 2.37 bits per heavy atom. The molecule has 0 unspecified atom stereocenters. The maximum atomic E-state index is 11.7. The van der Waals surface area contributed by atoms with Crippen LogP contribution in [0.4, 0.5) is 4.79 Å². The number of hydrogen-bond donors (Lipinski definition) is 2. The zero-order valence-electron chi connectivity index (χ0n) is 11.5. The number of aliphatic hydroxyl groups is 1. The van der Waals surface area contributed by atoms with Gasteiger partial charge in [0.05, 0.1) is 12.6 Å². The van der Waals surface area contributed by atoms with E-state index in [1.807, 2.05) is 30.3 Å². The van der Waals surface area contributed by atoms with Crippen molar-refractivity contribution in [3.05, 3.63) is 35.9 Å². The smallest absolute Gasteiger partial charge is 0.434 e. The van der Waals surface area contributed by atoms with Gasteiger partial charge in [0.1, 0.15) is 5.60 Å². The molecule has 106 valence electrons. The van der Waals surface area contributed by atoms with Crippen LogP contribution in [0, 0.1) is 0 Å². The Morgan fingerprint density at radius 1 is 1.32 bits per heavy atom. The molecule has 1 aromatic carbocycles. The minimum atomic E-state index is -0.859. The number of rotatable bonds is 4. The van der Waals surface area contributed by atoms with Gasteiger partial charge < -0.3 is 9.84 Å². The van der Waals surface area contributed by atoms with Gasteiger partial charge in [-0.1, -0.05) is 30.3 Å². The second-order valence-electron chi connectivity index (χ2n) is 5.35. The molecule has 1 rings (SSSR count). The minimum absolute atomic E-state index is 0.343. The lowest BCUT2D eigenvalue weighted by atomic mass is 10.1. The van der Waals surface area contributed by atoms with Gasteiger partial charge in [-0.05, 0) is 32.8 Å². The van der Waals surface area contributed by atoms with Crippen molar-refractivity contribution >= 4 is 6.09 Å². The largest absolute Gasteiger partial charge is 0.442 e. The third-order valence-corrected chi connectivity index (χ3v) is 2.45. The van der Waals surface area contributed by atoms with E-state index in [4.69, 9.17) is 4.74 Å². The highest BCUT2D eigenvalue weighted by atomic mass is 16.6. The molecule has 0 bridgehead atoms. The van der Waals surface area contributed by atoms with Crippen molar-refractivity contribution in [1.29, 1.82) is 0 Å². The molecule has 0 aromatic heterocycles. The second kappa shape index (κ2) is 6.54. The normalized spacial score (nSPS) is 12.9. The van der Waals surface area contributed by atoms with Crippen LogP contribution in [0.25, 0.3) is 0 Å². The highest BCUT2D eigenvalue weighted by molar-refractivity contribution is 5.67. The van der Waals surface area contributed by atoms with Crippen molar-refractivity contribution in [2.45, 2.75) is 38.8 Å². The fourth-order valence-electron chi connectivity index (χ4n) is 1.57. The first kappa shape index (κ1) is 15.5. The van der Waals surface area contributed by atoms with E-state index in [1.165, 1.54) is 0 Å². The molecule has 0 saturated carbocycles. The van der Waals surface area contributed by atoms with Crippen LogP contribution in [-0.2, 0) is 11.2 Å². The average Bonchev–Trinajstić information content (AvgIpc) is 2.34. The third kappa shape index (κ3) is 5.28. The number of hydroxylamine groups is 2. The Kier molecular flexibility index (Phi) is 5.32. The summed E-state index contributed by atoms with van der Waals surface area (Å²) < 4.78 is 5.05. The van der Waals surface area contributed by atoms with Crippen LogP contribution >= 0.6 is 0 Å². The van der Waals surface area contributed by atoms with Crippen LogP contribution in [0.1, 0.15) is 26.3 Å². The van der Waals surface area contributed by atoms with E-state index in [-0.39, 0.29) is 6.61 Å². The monoisotopic (exact) mass is 267 g/mol. The topological polar surface area (TPSA) is 70.0 Å². The van der Waals surface area contributed by atoms with Gasteiger partial charge in [-0.3, -0.25) is 5.21 Å². The first-order valence-electron chi connectivity index (χ1n) is 6.19. The Morgan fingerprint density at radius 2 is 1.89 bits per heavy atom. The number of benzene rings is 1. The molecule has 0 saturated heterocycles. The number of nitrogens with zero attached hydrogens (tertiary/aromatic N) is 1. The molecule has 0 aliphatic heterocycles. The van der Waals surface area contributed by atoms with Crippen LogP contribution in [0.3, 0.4) is 0 Å². The van der Waals surface area contributed by atoms with E-state index >= 15 is 0 Å². The Hall–Kier alpha value is -1.59. The predicted molar refractivity (Wildman–Crippen MR) is 70.9 cm³/mol. The summed E-state index contributed by atoms with van der Waals surface area (Å²) in [6, 6.07) is 8.61. The summed E-state index contributed by atoms with van der Waals surface area (Å²) >= 11 is 0. The van der Waals surface area contributed by atoms with E-state index in [2.05, 4.69) is 0 Å². The lowest BCUT2D eigenvalue weighted by Crippen LogP contribution is -2.44. The van der Waals surface area contributed by atoms with Gasteiger partial charge >= 0.3 is 6.09 Å². The third-order valence-electron chi connectivity index (χ3n) is 2.45. The minimum Gasteiger partial charge on any atom is -0.442 e. The number of carbonyl (C=O) groups is 1. The highest BCUT2D eigenvalue weighted by Gasteiger charge is 2.27. The van der Waals surface area contributed by atoms with Crippen LogP contribution in [0.15, 0.2) is 30.3 Å². The molecular formula is C14H21NO4. The van der Waals surface area contributed by atoms with Crippen molar-refractivity contribution in [1.82, 2.24) is 5.06 Å². The molecule has 5 nitrogen and oxygen atoms in total. The fourth-order valence-corrected chi connectivity index (χ4v) is 1.57. The van der Waals surface area contributed by atoms with Gasteiger partial charge in [0.15, 0.2) is 0 Å². The number of hydrogen-bond acceptors (Lipinski definition) is 4. The molecule has 0 heterocycles. The van der Waals surface area contributed by atoms with E-state index in [9.17, 15) is 15.1 Å². The molecule has 1 amide bonds. The summed E-state index contributed by atoms with van der Waals surface area (Å²) in [6.45, 7) is 4.79. The van der Waals surface area contributed by atoms with E-state index in [0.717, 1.165) is 5.56 Å². The van der Waals surface area contributed by atoms with Crippen molar-refractivity contribution < 1.29 is 19.8 Å². The Bertz CT molecular complexity index is 400. The lowest BCUT2D eigenvalue weighted by Gasteiger charge is -2.27. The van der Waals surface area contributed by atoms with Crippen molar-refractivity contribution in [3.63, 3.8) is 0 Å². The lowest BCUT2D eigenvalue weighted by molar-refractivity contribution is -0.128. The van der Waals surface area contributed by atoms with Gasteiger partial charge in [0.25, 0.3) is 0 Å². The summed E-state index contributed by atoms with van der Waals surface area (Å²) in [5.74, 6) is 0. The molecule has 0 fully saturated rings. The first-order chi connectivity index (χ1) is 8.83. The zero-order chi connectivity index (χ0) is 14.5. The van der Waals surface area contributed by atoms with Gasteiger partial charge in [0, 0.05) is 0 Å². The van der Waals surface area contributed by atoms with Crippen LogP contribution in [-0.4, -0.2) is 39.7 Å². The SMILES string of the molecule is CC(C)(C)OC(=O)N(O)[C@@H](CO)Cc1ccccc1. The first-order valence-corrected chi connectivity index (χ1v) is 6.19. The molecule has 19 heavy (non-hydrogen) atoms. The Balaban J connectivity index is 2.66.